The van der Waals surface area contributed by atoms with Crippen LogP contribution >= 0.6 is 23.1 Å². The van der Waals surface area contributed by atoms with E-state index in [4.69, 9.17) is 14.1 Å². The summed E-state index contributed by atoms with van der Waals surface area (Å²) in [5.74, 6) is 1.06. The molecular weight excluding hydrogens is 496 g/mol. The second kappa shape index (κ2) is 10.7. The fourth-order valence-corrected chi connectivity index (χ4v) is 6.32. The van der Waals surface area contributed by atoms with E-state index in [0.717, 1.165) is 41.8 Å². The number of aryl methyl sites for hydroxylation is 2. The minimum absolute atomic E-state index is 0.0506. The van der Waals surface area contributed by atoms with Gasteiger partial charge in [-0.25, -0.2) is 10.4 Å². The Morgan fingerprint density at radius 3 is 2.81 bits per heavy atom. The van der Waals surface area contributed by atoms with Gasteiger partial charge in [-0.3, -0.25) is 14.2 Å². The molecule has 10 heteroatoms. The molecule has 1 aliphatic carbocycles. The molecule has 3 aromatic heterocycles. The Bertz CT molecular complexity index is 1470. The zero-order valence-electron chi connectivity index (χ0n) is 20.1. The average Bonchev–Trinajstić information content (AvgIpc) is 3.55. The first-order valence-corrected chi connectivity index (χ1v) is 13.7. The number of fused-ring (bicyclic) bond motifs is 3. The first-order valence-electron chi connectivity index (χ1n) is 11.9. The summed E-state index contributed by atoms with van der Waals surface area (Å²) in [6, 6.07) is 10.9. The van der Waals surface area contributed by atoms with Crippen molar-refractivity contribution < 1.29 is 13.9 Å². The molecule has 1 aromatic carbocycles. The quantitative estimate of drug-likeness (QED) is 0.152. The van der Waals surface area contributed by atoms with Crippen LogP contribution in [-0.4, -0.2) is 33.5 Å². The lowest BCUT2D eigenvalue weighted by Gasteiger charge is -2.14. The highest BCUT2D eigenvalue weighted by Crippen LogP contribution is 2.35. The number of aromatic nitrogens is 2. The number of nitrogens with one attached hydrogen (secondary N) is 1. The number of furan rings is 1. The maximum atomic E-state index is 13.8. The maximum absolute atomic E-state index is 13.8. The van der Waals surface area contributed by atoms with Gasteiger partial charge in [0.25, 0.3) is 11.5 Å². The van der Waals surface area contributed by atoms with Crippen LogP contribution in [0, 0.1) is 0 Å². The van der Waals surface area contributed by atoms with Crippen LogP contribution in [0.2, 0.25) is 0 Å². The topological polar surface area (TPSA) is 98.7 Å². The van der Waals surface area contributed by atoms with Crippen molar-refractivity contribution >= 4 is 44.9 Å². The van der Waals surface area contributed by atoms with E-state index in [1.165, 1.54) is 16.6 Å². The van der Waals surface area contributed by atoms with Crippen LogP contribution in [0.15, 0.2) is 62.1 Å². The highest BCUT2D eigenvalue weighted by molar-refractivity contribution is 7.99. The van der Waals surface area contributed by atoms with Gasteiger partial charge in [0.1, 0.15) is 22.1 Å². The largest absolute Gasteiger partial charge is 0.494 e. The SMILES string of the molecule is CCOc1ccc(-n2c(SCC(=O)NN=C(C)c3ccco3)nc3sc4c(c3c2=O)CCCC4)cc1. The summed E-state index contributed by atoms with van der Waals surface area (Å²) in [5.41, 5.74) is 4.83. The van der Waals surface area contributed by atoms with E-state index in [1.54, 1.807) is 41.2 Å². The molecule has 0 bridgehead atoms. The Kier molecular flexibility index (Phi) is 7.24. The highest BCUT2D eigenvalue weighted by Gasteiger charge is 2.23. The molecule has 0 saturated heterocycles. The van der Waals surface area contributed by atoms with Gasteiger partial charge in [-0.15, -0.1) is 11.3 Å². The number of amides is 1. The number of hydrogen-bond acceptors (Lipinski definition) is 8. The van der Waals surface area contributed by atoms with Gasteiger partial charge in [0.2, 0.25) is 0 Å². The fraction of sp³-hybridized carbons (Fsp3) is 0.308. The van der Waals surface area contributed by atoms with Crippen molar-refractivity contribution in [1.29, 1.82) is 0 Å². The van der Waals surface area contributed by atoms with E-state index in [2.05, 4.69) is 10.5 Å². The molecule has 36 heavy (non-hydrogen) atoms. The van der Waals surface area contributed by atoms with Crippen LogP contribution < -0.4 is 15.7 Å². The summed E-state index contributed by atoms with van der Waals surface area (Å²) in [5, 5.41) is 5.28. The van der Waals surface area contributed by atoms with Gasteiger partial charge >= 0.3 is 0 Å². The van der Waals surface area contributed by atoms with E-state index in [1.807, 2.05) is 31.2 Å². The molecule has 8 nitrogen and oxygen atoms in total. The molecule has 0 spiro atoms. The normalized spacial score (nSPS) is 13.6. The molecule has 0 radical (unpaired) electrons. The number of ether oxygens (including phenoxy) is 1. The summed E-state index contributed by atoms with van der Waals surface area (Å²) >= 11 is 2.81. The molecule has 1 amide bonds. The third-order valence-electron chi connectivity index (χ3n) is 5.92. The lowest BCUT2D eigenvalue weighted by molar-refractivity contribution is -0.118. The van der Waals surface area contributed by atoms with E-state index < -0.39 is 0 Å². The number of nitrogens with zero attached hydrogens (tertiary/aromatic N) is 3. The summed E-state index contributed by atoms with van der Waals surface area (Å²) < 4.78 is 12.5. The Balaban J connectivity index is 1.47. The Labute approximate surface area is 216 Å². The minimum Gasteiger partial charge on any atom is -0.494 e. The van der Waals surface area contributed by atoms with Crippen molar-refractivity contribution in [1.82, 2.24) is 15.0 Å². The number of carbonyl (C=O) groups is 1. The highest BCUT2D eigenvalue weighted by atomic mass is 32.2. The Hall–Kier alpha value is -3.37. The van der Waals surface area contributed by atoms with Crippen LogP contribution in [0.1, 0.15) is 42.9 Å². The van der Waals surface area contributed by atoms with E-state index in [-0.39, 0.29) is 17.2 Å². The Morgan fingerprint density at radius 2 is 2.06 bits per heavy atom. The smallest absolute Gasteiger partial charge is 0.267 e. The van der Waals surface area contributed by atoms with Crippen molar-refractivity contribution in [3.8, 4) is 11.4 Å². The summed E-state index contributed by atoms with van der Waals surface area (Å²) in [4.78, 5) is 33.3. The van der Waals surface area contributed by atoms with E-state index in [9.17, 15) is 9.59 Å². The van der Waals surface area contributed by atoms with Gasteiger partial charge in [0.05, 0.1) is 29.7 Å². The minimum atomic E-state index is -0.302. The van der Waals surface area contributed by atoms with Gasteiger partial charge < -0.3 is 9.15 Å². The van der Waals surface area contributed by atoms with E-state index >= 15 is 0 Å². The van der Waals surface area contributed by atoms with Gasteiger partial charge in [-0.05, 0) is 81.5 Å². The predicted molar refractivity (Wildman–Crippen MR) is 143 cm³/mol. The molecular formula is C26H26N4O4S2. The Morgan fingerprint density at radius 1 is 1.25 bits per heavy atom. The molecule has 0 aliphatic heterocycles. The summed E-state index contributed by atoms with van der Waals surface area (Å²) in [6.45, 7) is 4.24. The first kappa shape index (κ1) is 24.3. The lowest BCUT2D eigenvalue weighted by Crippen LogP contribution is -2.24. The molecule has 0 unspecified atom stereocenters. The average molecular weight is 523 g/mol. The number of thioether (sulfide) groups is 1. The van der Waals surface area contributed by atoms with Crippen molar-refractivity contribution in [2.75, 3.05) is 12.4 Å². The number of rotatable bonds is 8. The third kappa shape index (κ3) is 4.96. The molecule has 0 atom stereocenters. The predicted octanol–water partition coefficient (Wildman–Crippen LogP) is 4.95. The molecule has 4 aromatic rings. The van der Waals surface area contributed by atoms with Gasteiger partial charge in [0, 0.05) is 4.88 Å². The van der Waals surface area contributed by atoms with Crippen molar-refractivity contribution in [2.24, 2.45) is 5.10 Å². The summed E-state index contributed by atoms with van der Waals surface area (Å²) in [7, 11) is 0. The molecule has 1 N–H and O–H groups in total. The molecule has 1 aliphatic rings. The standard InChI is InChI=1S/C26H26N4O4S2/c1-3-33-18-12-10-17(11-13-18)30-25(32)23-19-7-4-5-9-21(19)36-24(23)27-26(30)35-15-22(31)29-28-16(2)20-8-6-14-34-20/h6,8,10-14H,3-5,7,9,15H2,1-2H3,(H,29,31). The molecule has 3 heterocycles. The zero-order valence-corrected chi connectivity index (χ0v) is 21.7. The lowest BCUT2D eigenvalue weighted by atomic mass is 9.97. The molecule has 0 saturated carbocycles. The molecule has 186 valence electrons. The van der Waals surface area contributed by atoms with Crippen LogP contribution in [0.5, 0.6) is 5.75 Å². The second-order valence-corrected chi connectivity index (χ2v) is 10.4. The number of carbonyl (C=O) groups excluding carboxylic acids is 1. The fourth-order valence-electron chi connectivity index (χ4n) is 4.22. The number of hydrazone groups is 1. The summed E-state index contributed by atoms with van der Waals surface area (Å²) in [6.07, 6.45) is 5.65. The van der Waals surface area contributed by atoms with E-state index in [0.29, 0.717) is 34.3 Å². The number of benzene rings is 1. The number of thiophene rings is 1. The maximum Gasteiger partial charge on any atom is 0.267 e. The van der Waals surface area contributed by atoms with Crippen LogP contribution in [0.3, 0.4) is 0 Å². The van der Waals surface area contributed by atoms with Crippen LogP contribution in [0.4, 0.5) is 0 Å². The first-order chi connectivity index (χ1) is 17.5. The molecule has 5 rings (SSSR count). The van der Waals surface area contributed by atoms with Crippen molar-refractivity contribution in [3.63, 3.8) is 0 Å². The number of hydrogen-bond donors (Lipinski definition) is 1. The van der Waals surface area contributed by atoms with Gasteiger partial charge in [0.15, 0.2) is 5.16 Å². The van der Waals surface area contributed by atoms with Crippen molar-refractivity contribution in [3.05, 3.63) is 69.2 Å². The van der Waals surface area contributed by atoms with Gasteiger partial charge in [-0.1, -0.05) is 11.8 Å². The van der Waals surface area contributed by atoms with Crippen LogP contribution in [0.25, 0.3) is 15.9 Å². The van der Waals surface area contributed by atoms with Gasteiger partial charge in [-0.2, -0.15) is 5.10 Å². The monoisotopic (exact) mass is 522 g/mol. The zero-order chi connectivity index (χ0) is 25.1. The second-order valence-electron chi connectivity index (χ2n) is 8.35. The van der Waals surface area contributed by atoms with Crippen LogP contribution in [-0.2, 0) is 17.6 Å². The molecule has 0 fully saturated rings. The van der Waals surface area contributed by atoms with Crippen molar-refractivity contribution in [2.45, 2.75) is 44.7 Å². The third-order valence-corrected chi connectivity index (χ3v) is 8.05.